The molecule has 11 atom stereocenters. The molecule has 25 nitrogen and oxygen atoms in total. The second-order valence-corrected chi connectivity index (χ2v) is 31.3. The molecule has 2 aliphatic rings. The van der Waals surface area contributed by atoms with Crippen LogP contribution in [0.3, 0.4) is 0 Å². The minimum atomic E-state index is -1.49. The third kappa shape index (κ3) is 25.1. The van der Waals surface area contributed by atoms with Gasteiger partial charge in [-0.2, -0.15) is 0 Å². The van der Waals surface area contributed by atoms with E-state index >= 15 is 0 Å². The average Bonchev–Trinajstić information content (AvgIpc) is 1.61. The van der Waals surface area contributed by atoms with E-state index in [2.05, 4.69) is 43.7 Å². The first-order chi connectivity index (χ1) is 52.5. The van der Waals surface area contributed by atoms with Crippen LogP contribution in [0.25, 0.3) is 11.1 Å². The Morgan fingerprint density at radius 2 is 1.35 bits per heavy atom. The van der Waals surface area contributed by atoms with Gasteiger partial charge in [0.15, 0.2) is 17.3 Å². The first-order valence-electron chi connectivity index (χ1n) is 38.4. The minimum absolute atomic E-state index is 0.0252. The number of urea groups is 1. The van der Waals surface area contributed by atoms with Gasteiger partial charge in [0, 0.05) is 115 Å². The molecule has 110 heavy (non-hydrogen) atoms. The molecule has 1 aliphatic heterocycles. The number of thiazole rings is 1. The number of rotatable bonds is 45. The molecule has 1 fully saturated rings. The number of nitrogens with one attached hydrogen (secondary N) is 5. The van der Waals surface area contributed by atoms with E-state index in [-0.39, 0.29) is 138 Å². The number of ether oxygens (including phenoxy) is 5. The van der Waals surface area contributed by atoms with Crippen molar-refractivity contribution in [3.8, 4) is 11.1 Å². The minimum Gasteiger partial charge on any atom is -0.449 e. The van der Waals surface area contributed by atoms with Crippen molar-refractivity contribution in [1.82, 2.24) is 41.4 Å². The monoisotopic (exact) mass is 1540 g/mol. The largest absolute Gasteiger partial charge is 0.449 e. The Labute approximate surface area is 651 Å². The summed E-state index contributed by atoms with van der Waals surface area (Å²) in [5.74, 6) is -6.23. The smallest absolute Gasteiger partial charge is 0.408 e. The number of nitrogens with zero attached hydrogens (tertiary/aromatic N) is 3. The molecule has 598 valence electrons. The highest BCUT2D eigenvalue weighted by atomic mass is 32.1. The number of ketones is 4. The predicted molar refractivity (Wildman–Crippen MR) is 419 cm³/mol. The molecule has 0 radical (unpaired) electrons. The van der Waals surface area contributed by atoms with Crippen molar-refractivity contribution >= 4 is 76.3 Å². The van der Waals surface area contributed by atoms with Gasteiger partial charge in [-0.15, -0.1) is 11.3 Å². The summed E-state index contributed by atoms with van der Waals surface area (Å²) < 4.78 is 29.3. The summed E-state index contributed by atoms with van der Waals surface area (Å²) in [6.07, 6.45) is 1.49. The number of carbonyl (C=O) groups is 11. The number of amides is 8. The molecule has 2 heterocycles. The number of hydrogen-bond donors (Lipinski definition) is 6. The summed E-state index contributed by atoms with van der Waals surface area (Å²) in [6.45, 7) is 17.7. The third-order valence-electron chi connectivity index (χ3n) is 21.5. The summed E-state index contributed by atoms with van der Waals surface area (Å²) in [7, 11) is 4.80. The number of primary amides is 1. The van der Waals surface area contributed by atoms with Crippen LogP contribution in [-0.4, -0.2) is 182 Å². The number of Topliss-reactive ketones (excluding diaryl/α,β-unsaturated/α-hetero) is 4. The molecule has 7 rings (SSSR count). The lowest BCUT2D eigenvalue weighted by Gasteiger charge is -2.41. The zero-order valence-electron chi connectivity index (χ0n) is 66.1. The van der Waals surface area contributed by atoms with Crippen molar-refractivity contribution < 1.29 is 76.4 Å². The zero-order chi connectivity index (χ0) is 80.4. The number of likely N-dealkylation sites (tertiary alicyclic amines) is 1. The molecule has 8 amide bonds. The number of nitrogens with two attached hydrogens (primary N) is 1. The second-order valence-electron chi connectivity index (χ2n) is 30.4. The summed E-state index contributed by atoms with van der Waals surface area (Å²) in [5.41, 5.74) is 10.4. The fourth-order valence-electron chi connectivity index (χ4n) is 14.9. The number of alkyl carbamates (subject to hydrolysis) is 2. The topological polar surface area (TPSA) is 339 Å². The quantitative estimate of drug-likeness (QED) is 0.0197. The summed E-state index contributed by atoms with van der Waals surface area (Å²) in [4.78, 5) is 159. The van der Waals surface area contributed by atoms with Crippen molar-refractivity contribution in [2.24, 2.45) is 41.2 Å². The van der Waals surface area contributed by atoms with Gasteiger partial charge in [-0.1, -0.05) is 158 Å². The van der Waals surface area contributed by atoms with Gasteiger partial charge in [0.1, 0.15) is 25.0 Å². The van der Waals surface area contributed by atoms with Gasteiger partial charge >= 0.3 is 18.2 Å². The lowest BCUT2D eigenvalue weighted by Crippen LogP contribution is -2.55. The van der Waals surface area contributed by atoms with Crippen molar-refractivity contribution in [2.45, 2.75) is 200 Å². The van der Waals surface area contributed by atoms with Crippen molar-refractivity contribution in [1.29, 1.82) is 0 Å². The lowest BCUT2D eigenvalue weighted by molar-refractivity contribution is -0.149. The van der Waals surface area contributed by atoms with E-state index in [9.17, 15) is 52.7 Å². The molecular formula is C84H115N9O16S. The van der Waals surface area contributed by atoms with Gasteiger partial charge in [0.2, 0.25) is 23.6 Å². The molecule has 1 saturated heterocycles. The Bertz CT molecular complexity index is 3850. The Kier molecular flexibility index (Phi) is 34.2. The molecule has 0 bridgehead atoms. The number of likely N-dealkylation sites (N-methyl/N-ethyl adjacent to an activating group) is 1. The van der Waals surface area contributed by atoms with Crippen LogP contribution >= 0.6 is 11.3 Å². The molecule has 1 aliphatic carbocycles. The fraction of sp³-hybridized carbons (Fsp3) is 0.548. The van der Waals surface area contributed by atoms with E-state index in [1.165, 1.54) is 25.4 Å². The highest BCUT2D eigenvalue weighted by molar-refractivity contribution is 7.09. The van der Waals surface area contributed by atoms with Gasteiger partial charge in [0.05, 0.1) is 60.5 Å². The normalized spacial score (nSPS) is 16.1. The molecule has 0 unspecified atom stereocenters. The number of fused-ring (bicyclic) bond motifs is 3. The van der Waals surface area contributed by atoms with Gasteiger partial charge in [-0.3, -0.25) is 38.4 Å². The molecule has 1 aromatic heterocycles. The van der Waals surface area contributed by atoms with Crippen molar-refractivity contribution in [3.63, 3.8) is 0 Å². The molecule has 4 aromatic carbocycles. The molecule has 7 N–H and O–H groups in total. The maximum atomic E-state index is 14.9. The standard InChI is InChI=1S/C84H115N9O16S/c1-14-53(6)76(73(105-12)47-75(99)93-39-23-31-69(93)77(106-13)54(7)70(95)44-59(79-86-38-41-110-79)42-56-24-16-15-17-25-56)92(11)80(101)65(52(4)5)46-74(98)84(9,10)91-83(104)108-48-58-34-32-57(33-35-58)43-71(96)67(30-22-36-87-81(85)102)90-78(100)64(51(2)3)45-72(97)68(89-55(8)94)50-107-40-37-88-82(103)109-49-66-62-28-20-18-26-60(62)61-27-19-21-29-63(61)66/h15-21,24-29,32-35,38,41,51-54,59,64-69,73,76-77H,14,22-23,30-31,36-37,39-40,42-50H2,1-13H3,(H,88,103)(H,89,94)(H,90,100)(H,91,104)(H3,85,87,102)/t53-,54-,59+,64-,65-,67-,68+,69-,73+,76-,77+/m0/s1. The van der Waals surface area contributed by atoms with Crippen LogP contribution in [0.15, 0.2) is 115 Å². The Balaban J connectivity index is 0.889. The van der Waals surface area contributed by atoms with E-state index in [0.29, 0.717) is 36.9 Å². The summed E-state index contributed by atoms with van der Waals surface area (Å²) >= 11 is 1.53. The molecule has 5 aromatic rings. The van der Waals surface area contributed by atoms with E-state index in [0.717, 1.165) is 39.2 Å². The van der Waals surface area contributed by atoms with Crippen LogP contribution in [0.5, 0.6) is 0 Å². The van der Waals surface area contributed by atoms with Crippen LogP contribution < -0.4 is 32.3 Å². The Hall–Kier alpha value is -9.24. The number of carbonyl (C=O) groups excluding carboxylic acids is 11. The van der Waals surface area contributed by atoms with Gasteiger partial charge in [0.25, 0.3) is 0 Å². The summed E-state index contributed by atoms with van der Waals surface area (Å²) in [6, 6.07) is 28.8. The molecule has 26 heteroatoms. The number of methoxy groups -OCH3 is 2. The van der Waals surface area contributed by atoms with E-state index in [1.54, 1.807) is 77.2 Å². The average molecular weight is 1540 g/mol. The second kappa shape index (κ2) is 42.8. The molecule has 0 spiro atoms. The van der Waals surface area contributed by atoms with Crippen LogP contribution in [-0.2, 0) is 81.5 Å². The third-order valence-corrected chi connectivity index (χ3v) is 22.4. The van der Waals surface area contributed by atoms with Crippen LogP contribution in [0.1, 0.15) is 172 Å². The number of benzene rings is 4. The number of hydrogen-bond acceptors (Lipinski definition) is 18. The summed E-state index contributed by atoms with van der Waals surface area (Å²) in [5, 5.41) is 16.1. The van der Waals surface area contributed by atoms with Gasteiger partial charge in [-0.05, 0) is 103 Å². The highest BCUT2D eigenvalue weighted by Gasteiger charge is 2.45. The van der Waals surface area contributed by atoms with E-state index in [1.807, 2.05) is 112 Å². The van der Waals surface area contributed by atoms with Gasteiger partial charge < -0.3 is 65.8 Å². The predicted octanol–water partition coefficient (Wildman–Crippen LogP) is 10.6. The first-order valence-corrected chi connectivity index (χ1v) is 39.3. The van der Waals surface area contributed by atoms with Crippen molar-refractivity contribution in [3.05, 3.63) is 148 Å². The number of aromatic nitrogens is 1. The van der Waals surface area contributed by atoms with Crippen molar-refractivity contribution in [2.75, 3.05) is 60.7 Å². The molecule has 0 saturated carbocycles. The Morgan fingerprint density at radius 3 is 1.95 bits per heavy atom. The maximum Gasteiger partial charge on any atom is 0.408 e. The lowest BCUT2D eigenvalue weighted by atomic mass is 9.83. The van der Waals surface area contributed by atoms with Crippen LogP contribution in [0.2, 0.25) is 0 Å². The fourth-order valence-corrected chi connectivity index (χ4v) is 15.6. The molecular weight excluding hydrogens is 1420 g/mol. The van der Waals surface area contributed by atoms with E-state index in [4.69, 9.17) is 29.4 Å². The zero-order valence-corrected chi connectivity index (χ0v) is 67.0. The Morgan fingerprint density at radius 1 is 0.700 bits per heavy atom. The van der Waals surface area contributed by atoms with Crippen LogP contribution in [0.4, 0.5) is 14.4 Å². The van der Waals surface area contributed by atoms with Crippen LogP contribution in [0, 0.1) is 35.5 Å². The van der Waals surface area contributed by atoms with Gasteiger partial charge in [-0.25, -0.2) is 19.4 Å². The SMILES string of the molecule is CC[C@H](C)[C@@H]([C@@H](CC(=O)N1CCC[C@H]1[C@H](OC)[C@@H](C)C(=O)C[C@@H](Cc1ccccc1)c1nccs1)OC)N(C)C(=O)[C@@H](CC(=O)C(C)(C)NC(=O)OCc1ccc(CC(=O)[C@H](CCCNC(N)=O)NC(=O)[C@@H](CC(=O)[C@@H](COCCNC(=O)OCC2c3ccccc3-c3ccccc32)NC(C)=O)C(C)C)cc1)C(C)C. The highest BCUT2D eigenvalue weighted by Crippen LogP contribution is 2.45. The maximum absolute atomic E-state index is 14.9. The van der Waals surface area contributed by atoms with E-state index < -0.39 is 101 Å². The first kappa shape index (κ1) is 88.0.